The predicted molar refractivity (Wildman–Crippen MR) is 86.6 cm³/mol. The van der Waals surface area contributed by atoms with E-state index in [-0.39, 0.29) is 0 Å². The van der Waals surface area contributed by atoms with Crippen molar-refractivity contribution in [2.45, 2.75) is 32.7 Å². The molecule has 2 aromatic rings. The van der Waals surface area contributed by atoms with Crippen LogP contribution in [0.4, 0.5) is 0 Å². The summed E-state index contributed by atoms with van der Waals surface area (Å²) >= 11 is 0. The summed E-state index contributed by atoms with van der Waals surface area (Å²) in [5.74, 6) is -0.765. The van der Waals surface area contributed by atoms with Gasteiger partial charge in [-0.25, -0.2) is 0 Å². The number of carboxylic acid groups (broad SMARTS) is 1. The molecule has 0 bridgehead atoms. The fourth-order valence-corrected chi connectivity index (χ4v) is 3.06. The first-order valence-corrected chi connectivity index (χ1v) is 7.48. The third kappa shape index (κ3) is 2.93. The first-order valence-electron chi connectivity index (χ1n) is 7.48. The summed E-state index contributed by atoms with van der Waals surface area (Å²) in [5.41, 5.74) is 0.207. The van der Waals surface area contributed by atoms with Gasteiger partial charge in [-0.15, -0.1) is 0 Å². The molecule has 0 aromatic heterocycles. The van der Waals surface area contributed by atoms with Gasteiger partial charge in [-0.1, -0.05) is 56.3 Å². The van der Waals surface area contributed by atoms with Crippen LogP contribution in [0, 0.1) is 0 Å². The van der Waals surface area contributed by atoms with Crippen LogP contribution in [0.3, 0.4) is 0 Å². The van der Waals surface area contributed by atoms with Crippen LogP contribution in [-0.4, -0.2) is 34.6 Å². The van der Waals surface area contributed by atoms with E-state index in [0.29, 0.717) is 6.42 Å². The number of nitrogens with zero attached hydrogens (tertiary/aromatic N) is 1. The van der Waals surface area contributed by atoms with E-state index in [1.165, 1.54) is 0 Å². The number of rotatable bonds is 6. The molecule has 2 aromatic carbocycles. The van der Waals surface area contributed by atoms with Gasteiger partial charge in [0.15, 0.2) is 0 Å². The zero-order valence-electron chi connectivity index (χ0n) is 13.0. The van der Waals surface area contributed by atoms with E-state index in [4.69, 9.17) is 0 Å². The molecule has 1 atom stereocenters. The number of carboxylic acids is 1. The SMILES string of the molecule is CCN(CC)C(C)(Cc1cccc2ccccc12)C(=O)O. The lowest BCUT2D eigenvalue weighted by Crippen LogP contribution is -2.53. The molecular weight excluding hydrogens is 262 g/mol. The summed E-state index contributed by atoms with van der Waals surface area (Å²) in [7, 11) is 0. The van der Waals surface area contributed by atoms with Gasteiger partial charge in [-0.3, -0.25) is 9.69 Å². The minimum atomic E-state index is -0.881. The number of carbonyl (C=O) groups is 1. The molecule has 0 fully saturated rings. The highest BCUT2D eigenvalue weighted by molar-refractivity contribution is 5.87. The minimum Gasteiger partial charge on any atom is -0.480 e. The molecule has 0 aliphatic rings. The lowest BCUT2D eigenvalue weighted by Gasteiger charge is -2.37. The number of aliphatic carboxylic acids is 1. The molecule has 3 nitrogen and oxygen atoms in total. The van der Waals surface area contributed by atoms with Gasteiger partial charge in [-0.05, 0) is 36.3 Å². The topological polar surface area (TPSA) is 40.5 Å². The van der Waals surface area contributed by atoms with E-state index in [0.717, 1.165) is 29.4 Å². The second-order valence-electron chi connectivity index (χ2n) is 5.57. The van der Waals surface area contributed by atoms with Gasteiger partial charge in [-0.2, -0.15) is 0 Å². The van der Waals surface area contributed by atoms with Gasteiger partial charge >= 0.3 is 5.97 Å². The van der Waals surface area contributed by atoms with Crippen molar-refractivity contribution in [1.82, 2.24) is 4.90 Å². The third-order valence-electron chi connectivity index (χ3n) is 4.34. The lowest BCUT2D eigenvalue weighted by molar-refractivity contribution is -0.150. The second kappa shape index (κ2) is 6.27. The highest BCUT2D eigenvalue weighted by Crippen LogP contribution is 2.26. The Labute approximate surface area is 126 Å². The molecule has 2 rings (SSSR count). The zero-order valence-corrected chi connectivity index (χ0v) is 13.0. The summed E-state index contributed by atoms with van der Waals surface area (Å²) in [5, 5.41) is 12.1. The fraction of sp³-hybridized carbons (Fsp3) is 0.389. The molecule has 21 heavy (non-hydrogen) atoms. The minimum absolute atomic E-state index is 0.505. The van der Waals surface area contributed by atoms with Crippen molar-refractivity contribution in [3.63, 3.8) is 0 Å². The van der Waals surface area contributed by atoms with Crippen LogP contribution < -0.4 is 0 Å². The van der Waals surface area contributed by atoms with Crippen LogP contribution in [0.5, 0.6) is 0 Å². The monoisotopic (exact) mass is 285 g/mol. The van der Waals surface area contributed by atoms with Crippen molar-refractivity contribution in [1.29, 1.82) is 0 Å². The number of hydrogen-bond donors (Lipinski definition) is 1. The van der Waals surface area contributed by atoms with Gasteiger partial charge in [0, 0.05) is 6.42 Å². The zero-order chi connectivity index (χ0) is 15.5. The van der Waals surface area contributed by atoms with Gasteiger partial charge in [0.2, 0.25) is 0 Å². The Balaban J connectivity index is 2.47. The van der Waals surface area contributed by atoms with Crippen molar-refractivity contribution >= 4 is 16.7 Å². The highest BCUT2D eigenvalue weighted by Gasteiger charge is 2.38. The average Bonchev–Trinajstić information content (AvgIpc) is 2.48. The van der Waals surface area contributed by atoms with Gasteiger partial charge in [0.1, 0.15) is 5.54 Å². The van der Waals surface area contributed by atoms with Crippen molar-refractivity contribution in [2.75, 3.05) is 13.1 Å². The van der Waals surface area contributed by atoms with E-state index in [1.54, 1.807) is 0 Å². The Kier molecular flexibility index (Phi) is 4.63. The van der Waals surface area contributed by atoms with Crippen LogP contribution in [0.1, 0.15) is 26.3 Å². The Bertz CT molecular complexity index is 629. The van der Waals surface area contributed by atoms with E-state index in [1.807, 2.05) is 49.9 Å². The summed E-state index contributed by atoms with van der Waals surface area (Å²) in [6.07, 6.45) is 0.505. The van der Waals surface area contributed by atoms with E-state index >= 15 is 0 Å². The molecule has 3 heteroatoms. The van der Waals surface area contributed by atoms with Crippen LogP contribution in [0.15, 0.2) is 42.5 Å². The first kappa shape index (κ1) is 15.5. The van der Waals surface area contributed by atoms with Gasteiger partial charge in [0.25, 0.3) is 0 Å². The first-order chi connectivity index (χ1) is 10.0. The standard InChI is InChI=1S/C18H23NO2/c1-4-19(5-2)18(3,17(20)21)13-15-11-8-10-14-9-6-7-12-16(14)15/h6-12H,4-5,13H2,1-3H3,(H,20,21). The summed E-state index contributed by atoms with van der Waals surface area (Å²) in [4.78, 5) is 13.9. The van der Waals surface area contributed by atoms with E-state index < -0.39 is 11.5 Å². The molecule has 112 valence electrons. The van der Waals surface area contributed by atoms with Crippen LogP contribution in [0.2, 0.25) is 0 Å². The van der Waals surface area contributed by atoms with Crippen LogP contribution >= 0.6 is 0 Å². The Morgan fingerprint density at radius 1 is 1.10 bits per heavy atom. The number of benzene rings is 2. The molecule has 1 N–H and O–H groups in total. The largest absolute Gasteiger partial charge is 0.480 e. The summed E-state index contributed by atoms with van der Waals surface area (Å²) in [6, 6.07) is 14.2. The Hall–Kier alpha value is -1.87. The van der Waals surface area contributed by atoms with Crippen molar-refractivity contribution < 1.29 is 9.90 Å². The van der Waals surface area contributed by atoms with Gasteiger partial charge < -0.3 is 5.11 Å². The highest BCUT2D eigenvalue weighted by atomic mass is 16.4. The molecule has 0 heterocycles. The Morgan fingerprint density at radius 3 is 2.33 bits per heavy atom. The quantitative estimate of drug-likeness (QED) is 0.882. The van der Waals surface area contributed by atoms with Crippen molar-refractivity contribution in [3.8, 4) is 0 Å². The Morgan fingerprint density at radius 2 is 1.71 bits per heavy atom. The van der Waals surface area contributed by atoms with Crippen LogP contribution in [0.25, 0.3) is 10.8 Å². The molecule has 0 aliphatic carbocycles. The smallest absolute Gasteiger partial charge is 0.324 e. The second-order valence-corrected chi connectivity index (χ2v) is 5.57. The number of hydrogen-bond acceptors (Lipinski definition) is 2. The maximum absolute atomic E-state index is 11.9. The normalized spacial score (nSPS) is 14.3. The van der Waals surface area contributed by atoms with Crippen LogP contribution in [-0.2, 0) is 11.2 Å². The molecule has 0 radical (unpaired) electrons. The third-order valence-corrected chi connectivity index (χ3v) is 4.34. The van der Waals surface area contributed by atoms with Gasteiger partial charge in [0.05, 0.1) is 0 Å². The molecule has 0 saturated heterocycles. The maximum Gasteiger partial charge on any atom is 0.324 e. The van der Waals surface area contributed by atoms with E-state index in [9.17, 15) is 9.90 Å². The fourth-order valence-electron chi connectivity index (χ4n) is 3.06. The van der Waals surface area contributed by atoms with E-state index in [2.05, 4.69) is 18.2 Å². The lowest BCUT2D eigenvalue weighted by atomic mass is 9.88. The summed E-state index contributed by atoms with van der Waals surface area (Å²) in [6.45, 7) is 7.29. The molecular formula is C18H23NO2. The number of fused-ring (bicyclic) bond motifs is 1. The van der Waals surface area contributed by atoms with Crippen molar-refractivity contribution in [2.24, 2.45) is 0 Å². The molecule has 1 unspecified atom stereocenters. The molecule has 0 spiro atoms. The average molecular weight is 285 g/mol. The van der Waals surface area contributed by atoms with Crippen molar-refractivity contribution in [3.05, 3.63) is 48.0 Å². The molecule has 0 aliphatic heterocycles. The molecule has 0 amide bonds. The number of likely N-dealkylation sites (N-methyl/N-ethyl adjacent to an activating group) is 1. The summed E-state index contributed by atoms with van der Waals surface area (Å²) < 4.78 is 0. The maximum atomic E-state index is 11.9. The predicted octanol–water partition coefficient (Wildman–Crippen LogP) is 3.57. The molecule has 0 saturated carbocycles.